The molecule has 110 valence electrons. The van der Waals surface area contributed by atoms with Gasteiger partial charge in [0.2, 0.25) is 0 Å². The standard InChI is InChI=1S/C12H19N5O3/c13-15-11-5-4-10(17(18)19)12(14-11)20-9-8-16-6-2-1-3-7-16/h4-5H,1-3,6-9,13H2,(H,14,15). The highest BCUT2D eigenvalue weighted by Gasteiger charge is 2.18. The average Bonchev–Trinajstić information content (AvgIpc) is 2.48. The van der Waals surface area contributed by atoms with Gasteiger partial charge in [0.25, 0.3) is 5.88 Å². The number of hydrogen-bond acceptors (Lipinski definition) is 7. The number of anilines is 1. The van der Waals surface area contributed by atoms with Crippen LogP contribution in [0.1, 0.15) is 19.3 Å². The maximum Gasteiger partial charge on any atom is 0.331 e. The Kier molecular flexibility index (Phi) is 5.08. The topological polar surface area (TPSA) is 107 Å². The van der Waals surface area contributed by atoms with Gasteiger partial charge in [0, 0.05) is 12.6 Å². The molecule has 0 amide bonds. The van der Waals surface area contributed by atoms with E-state index in [0.717, 1.165) is 19.6 Å². The van der Waals surface area contributed by atoms with Crippen molar-refractivity contribution < 1.29 is 9.66 Å². The third-order valence-electron chi connectivity index (χ3n) is 3.28. The van der Waals surface area contributed by atoms with E-state index in [9.17, 15) is 10.1 Å². The summed E-state index contributed by atoms with van der Waals surface area (Å²) in [4.78, 5) is 16.7. The van der Waals surface area contributed by atoms with E-state index in [0.29, 0.717) is 12.4 Å². The molecule has 1 aliphatic rings. The second-order valence-corrected chi connectivity index (χ2v) is 4.67. The maximum absolute atomic E-state index is 10.9. The highest BCUT2D eigenvalue weighted by Crippen LogP contribution is 2.25. The highest BCUT2D eigenvalue weighted by atomic mass is 16.6. The smallest absolute Gasteiger partial charge is 0.331 e. The Hall–Kier alpha value is -1.93. The number of hydrazine groups is 1. The largest absolute Gasteiger partial charge is 0.471 e. The molecule has 0 radical (unpaired) electrons. The summed E-state index contributed by atoms with van der Waals surface area (Å²) in [6.07, 6.45) is 3.67. The average molecular weight is 281 g/mol. The summed E-state index contributed by atoms with van der Waals surface area (Å²) in [6.45, 7) is 3.24. The van der Waals surface area contributed by atoms with Crippen LogP contribution in [0.4, 0.5) is 11.5 Å². The molecule has 0 atom stereocenters. The number of nitrogen functional groups attached to an aromatic ring is 1. The fourth-order valence-corrected chi connectivity index (χ4v) is 2.21. The number of nitrogens with one attached hydrogen (secondary N) is 1. The molecule has 8 heteroatoms. The zero-order valence-corrected chi connectivity index (χ0v) is 11.2. The van der Waals surface area contributed by atoms with Gasteiger partial charge in [0.15, 0.2) is 0 Å². The number of rotatable bonds is 6. The van der Waals surface area contributed by atoms with Crippen LogP contribution in [0.5, 0.6) is 5.88 Å². The Balaban J connectivity index is 1.94. The van der Waals surface area contributed by atoms with E-state index in [-0.39, 0.29) is 11.6 Å². The second kappa shape index (κ2) is 7.01. The van der Waals surface area contributed by atoms with Crippen molar-refractivity contribution in [1.29, 1.82) is 0 Å². The summed E-state index contributed by atoms with van der Waals surface area (Å²) in [6, 6.07) is 2.77. The Morgan fingerprint density at radius 3 is 2.80 bits per heavy atom. The van der Waals surface area contributed by atoms with E-state index in [1.807, 2.05) is 0 Å². The number of likely N-dealkylation sites (tertiary alicyclic amines) is 1. The number of ether oxygens (including phenoxy) is 1. The Morgan fingerprint density at radius 1 is 1.40 bits per heavy atom. The molecule has 3 N–H and O–H groups in total. The van der Waals surface area contributed by atoms with Gasteiger partial charge in [-0.3, -0.25) is 15.0 Å². The lowest BCUT2D eigenvalue weighted by Crippen LogP contribution is -2.33. The van der Waals surface area contributed by atoms with Crippen LogP contribution in [0.15, 0.2) is 12.1 Å². The van der Waals surface area contributed by atoms with Gasteiger partial charge in [-0.05, 0) is 32.0 Å². The summed E-state index contributed by atoms with van der Waals surface area (Å²) in [5.41, 5.74) is 2.20. The molecular formula is C12H19N5O3. The first-order valence-corrected chi connectivity index (χ1v) is 6.68. The van der Waals surface area contributed by atoms with Gasteiger partial charge in [0.05, 0.1) is 4.92 Å². The van der Waals surface area contributed by atoms with Gasteiger partial charge in [-0.2, -0.15) is 4.98 Å². The first kappa shape index (κ1) is 14.5. The van der Waals surface area contributed by atoms with E-state index in [1.165, 1.54) is 31.4 Å². The molecule has 0 bridgehead atoms. The number of piperidine rings is 1. The quantitative estimate of drug-likeness (QED) is 0.457. The molecule has 0 aliphatic carbocycles. The van der Waals surface area contributed by atoms with Crippen molar-refractivity contribution in [3.05, 3.63) is 22.2 Å². The van der Waals surface area contributed by atoms with E-state index in [2.05, 4.69) is 15.3 Å². The van der Waals surface area contributed by atoms with E-state index in [4.69, 9.17) is 10.6 Å². The SMILES string of the molecule is NNc1ccc([N+](=O)[O-])c(OCCN2CCCCC2)n1. The van der Waals surface area contributed by atoms with Crippen LogP contribution < -0.4 is 16.0 Å². The van der Waals surface area contributed by atoms with Crippen molar-refractivity contribution in [2.45, 2.75) is 19.3 Å². The van der Waals surface area contributed by atoms with Gasteiger partial charge >= 0.3 is 5.69 Å². The molecule has 0 spiro atoms. The summed E-state index contributed by atoms with van der Waals surface area (Å²) >= 11 is 0. The minimum Gasteiger partial charge on any atom is -0.471 e. The Morgan fingerprint density at radius 2 is 2.15 bits per heavy atom. The molecule has 2 heterocycles. The molecule has 2 rings (SSSR count). The minimum absolute atomic E-state index is 0.00228. The third-order valence-corrected chi connectivity index (χ3v) is 3.28. The van der Waals surface area contributed by atoms with Crippen molar-refractivity contribution in [2.75, 3.05) is 31.7 Å². The van der Waals surface area contributed by atoms with Crippen LogP contribution in [0, 0.1) is 10.1 Å². The first-order valence-electron chi connectivity index (χ1n) is 6.68. The molecular weight excluding hydrogens is 262 g/mol. The second-order valence-electron chi connectivity index (χ2n) is 4.67. The fourth-order valence-electron chi connectivity index (χ4n) is 2.21. The molecule has 1 aromatic heterocycles. The highest BCUT2D eigenvalue weighted by molar-refractivity contribution is 5.48. The molecule has 8 nitrogen and oxygen atoms in total. The number of nitrogens with zero attached hydrogens (tertiary/aromatic N) is 3. The molecule has 0 unspecified atom stereocenters. The molecule has 1 aliphatic heterocycles. The molecule has 0 saturated carbocycles. The molecule has 1 saturated heterocycles. The Bertz CT molecular complexity index is 462. The van der Waals surface area contributed by atoms with Crippen LogP contribution in [0.2, 0.25) is 0 Å². The van der Waals surface area contributed by atoms with Crippen molar-refractivity contribution in [1.82, 2.24) is 9.88 Å². The maximum atomic E-state index is 10.9. The lowest BCUT2D eigenvalue weighted by molar-refractivity contribution is -0.386. The van der Waals surface area contributed by atoms with Crippen LogP contribution in [0.3, 0.4) is 0 Å². The normalized spacial score (nSPS) is 15.8. The molecule has 20 heavy (non-hydrogen) atoms. The zero-order chi connectivity index (χ0) is 14.4. The number of nitro groups is 1. The van der Waals surface area contributed by atoms with Crippen molar-refractivity contribution >= 4 is 11.5 Å². The Labute approximate surface area is 117 Å². The van der Waals surface area contributed by atoms with Crippen LogP contribution >= 0.6 is 0 Å². The predicted octanol–water partition coefficient (Wildman–Crippen LogP) is 1.14. The number of hydrogen-bond donors (Lipinski definition) is 2. The summed E-state index contributed by atoms with van der Waals surface area (Å²) in [5.74, 6) is 5.58. The van der Waals surface area contributed by atoms with E-state index < -0.39 is 4.92 Å². The van der Waals surface area contributed by atoms with Gasteiger partial charge in [-0.1, -0.05) is 6.42 Å². The van der Waals surface area contributed by atoms with E-state index >= 15 is 0 Å². The van der Waals surface area contributed by atoms with Crippen molar-refractivity contribution in [3.63, 3.8) is 0 Å². The number of aromatic nitrogens is 1. The predicted molar refractivity (Wildman–Crippen MR) is 74.5 cm³/mol. The molecule has 1 aromatic rings. The van der Waals surface area contributed by atoms with Gasteiger partial charge in [0.1, 0.15) is 12.4 Å². The van der Waals surface area contributed by atoms with Gasteiger partial charge < -0.3 is 10.2 Å². The lowest BCUT2D eigenvalue weighted by atomic mass is 10.1. The fraction of sp³-hybridized carbons (Fsp3) is 0.583. The summed E-state index contributed by atoms with van der Waals surface area (Å²) in [7, 11) is 0. The summed E-state index contributed by atoms with van der Waals surface area (Å²) in [5, 5.41) is 10.9. The molecule has 0 aromatic carbocycles. The number of pyridine rings is 1. The first-order chi connectivity index (χ1) is 9.70. The van der Waals surface area contributed by atoms with E-state index in [1.54, 1.807) is 0 Å². The minimum atomic E-state index is -0.510. The van der Waals surface area contributed by atoms with Crippen LogP contribution in [-0.4, -0.2) is 41.0 Å². The molecule has 1 fully saturated rings. The lowest BCUT2D eigenvalue weighted by Gasteiger charge is -2.25. The van der Waals surface area contributed by atoms with Crippen LogP contribution in [-0.2, 0) is 0 Å². The zero-order valence-electron chi connectivity index (χ0n) is 11.2. The number of nitrogens with two attached hydrogens (primary N) is 1. The summed E-state index contributed by atoms with van der Waals surface area (Å²) < 4.78 is 5.45. The monoisotopic (exact) mass is 281 g/mol. The van der Waals surface area contributed by atoms with Crippen molar-refractivity contribution in [2.24, 2.45) is 5.84 Å². The third kappa shape index (κ3) is 3.78. The van der Waals surface area contributed by atoms with Crippen molar-refractivity contribution in [3.8, 4) is 5.88 Å². The van der Waals surface area contributed by atoms with Gasteiger partial charge in [-0.15, -0.1) is 0 Å². The van der Waals surface area contributed by atoms with Crippen LogP contribution in [0.25, 0.3) is 0 Å². The van der Waals surface area contributed by atoms with Gasteiger partial charge in [-0.25, -0.2) is 5.84 Å².